The topological polar surface area (TPSA) is 9.23 Å². The van der Waals surface area contributed by atoms with Gasteiger partial charge in [-0.3, -0.25) is 0 Å². The molecule has 0 spiro atoms. The Labute approximate surface area is 60.6 Å². The second-order valence-corrected chi connectivity index (χ2v) is 2.37. The fourth-order valence-electron chi connectivity index (χ4n) is 0.777. The number of hydrogen-bond acceptors (Lipinski definition) is 1. The van der Waals surface area contributed by atoms with Crippen molar-refractivity contribution in [3.05, 3.63) is 36.8 Å². The van der Waals surface area contributed by atoms with Crippen molar-refractivity contribution in [1.82, 2.24) is 0 Å². The Morgan fingerprint density at radius 1 is 1.60 bits per heavy atom. The summed E-state index contributed by atoms with van der Waals surface area (Å²) in [4.78, 5) is 0. The summed E-state index contributed by atoms with van der Waals surface area (Å²) in [6.45, 7) is 0. The van der Waals surface area contributed by atoms with Gasteiger partial charge in [0, 0.05) is 6.42 Å². The van der Waals surface area contributed by atoms with Crippen LogP contribution in [0.5, 0.6) is 5.75 Å². The summed E-state index contributed by atoms with van der Waals surface area (Å²) in [7, 11) is 0. The lowest BCUT2D eigenvalue weighted by Crippen LogP contribution is -1.94. The van der Waals surface area contributed by atoms with E-state index in [9.17, 15) is 0 Å². The Balaban J connectivity index is 2.03. The van der Waals surface area contributed by atoms with Crippen LogP contribution in [0.4, 0.5) is 0 Å². The van der Waals surface area contributed by atoms with Crippen LogP contribution in [0.25, 0.3) is 0 Å². The van der Waals surface area contributed by atoms with Crippen molar-refractivity contribution >= 4 is 0 Å². The molecule has 0 N–H and O–H groups in total. The Kier molecular flexibility index (Phi) is 1.35. The fourth-order valence-corrected chi connectivity index (χ4v) is 0.777. The highest BCUT2D eigenvalue weighted by molar-refractivity contribution is 5.22. The molecule has 1 aliphatic carbocycles. The summed E-state index contributed by atoms with van der Waals surface area (Å²) >= 11 is 0. The van der Waals surface area contributed by atoms with Crippen molar-refractivity contribution in [2.24, 2.45) is 0 Å². The maximum Gasteiger partial charge on any atom is 0.120 e. The van der Waals surface area contributed by atoms with Crippen molar-refractivity contribution in [3.63, 3.8) is 0 Å². The van der Waals surface area contributed by atoms with Crippen molar-refractivity contribution in [3.8, 4) is 5.75 Å². The molecule has 1 fully saturated rings. The summed E-state index contributed by atoms with van der Waals surface area (Å²) in [5, 5.41) is 0. The average Bonchev–Trinajstić information content (AvgIpc) is 2.74. The van der Waals surface area contributed by atoms with E-state index in [1.165, 1.54) is 0 Å². The Morgan fingerprint density at radius 2 is 2.50 bits per heavy atom. The van der Waals surface area contributed by atoms with Gasteiger partial charge in [0.2, 0.25) is 0 Å². The van der Waals surface area contributed by atoms with Gasteiger partial charge < -0.3 is 4.74 Å². The summed E-state index contributed by atoms with van der Waals surface area (Å²) in [6.07, 6.45) is 3.60. The van der Waals surface area contributed by atoms with E-state index in [0.29, 0.717) is 6.10 Å². The van der Waals surface area contributed by atoms with Crippen molar-refractivity contribution in [2.45, 2.75) is 12.5 Å². The Morgan fingerprint density at radius 3 is 3.10 bits per heavy atom. The minimum Gasteiger partial charge on any atom is -0.490 e. The summed E-state index contributed by atoms with van der Waals surface area (Å²) < 4.78 is 5.44. The van der Waals surface area contributed by atoms with Gasteiger partial charge in [0.15, 0.2) is 0 Å². The number of hydrogen-bond donors (Lipinski definition) is 0. The molecule has 1 saturated carbocycles. The zero-order valence-electron chi connectivity index (χ0n) is 5.58. The van der Waals surface area contributed by atoms with Gasteiger partial charge in [0.25, 0.3) is 0 Å². The Hall–Kier alpha value is -0.980. The predicted octanol–water partition coefficient (Wildman–Crippen LogP) is 1.84. The number of rotatable bonds is 2. The van der Waals surface area contributed by atoms with Gasteiger partial charge in [-0.05, 0) is 24.6 Å². The summed E-state index contributed by atoms with van der Waals surface area (Å²) in [5.74, 6) is 0.918. The highest BCUT2D eigenvalue weighted by atomic mass is 16.5. The van der Waals surface area contributed by atoms with Gasteiger partial charge >= 0.3 is 0 Å². The molecule has 1 nitrogen and oxygen atoms in total. The SMILES string of the molecule is [c]1cccc(OC2[CH]C2)c1. The van der Waals surface area contributed by atoms with E-state index in [4.69, 9.17) is 4.74 Å². The van der Waals surface area contributed by atoms with Gasteiger partial charge in [0.05, 0.1) is 0 Å². The number of benzene rings is 1. The zero-order valence-corrected chi connectivity index (χ0v) is 5.58. The third-order valence-corrected chi connectivity index (χ3v) is 1.39. The quantitative estimate of drug-likeness (QED) is 0.596. The molecule has 0 saturated heterocycles. The van der Waals surface area contributed by atoms with E-state index in [0.717, 1.165) is 12.2 Å². The molecular weight excluding hydrogens is 124 g/mol. The lowest BCUT2D eigenvalue weighted by atomic mass is 10.3. The molecule has 10 heavy (non-hydrogen) atoms. The third-order valence-electron chi connectivity index (χ3n) is 1.39. The molecule has 2 rings (SSSR count). The molecule has 1 aliphatic rings. The minimum atomic E-state index is 0.371. The van der Waals surface area contributed by atoms with Crippen LogP contribution >= 0.6 is 0 Å². The second kappa shape index (κ2) is 2.33. The van der Waals surface area contributed by atoms with Crippen molar-refractivity contribution < 1.29 is 4.74 Å². The first-order valence-electron chi connectivity index (χ1n) is 3.41. The maximum atomic E-state index is 5.44. The van der Waals surface area contributed by atoms with Gasteiger partial charge in [-0.1, -0.05) is 12.1 Å². The lowest BCUT2D eigenvalue weighted by molar-refractivity contribution is 0.313. The molecule has 0 aliphatic heterocycles. The standard InChI is InChI=1S/C9H8O/c1-2-4-8(5-3-1)10-9-6-7-9/h1-2,4-6,9H,7H2. The van der Waals surface area contributed by atoms with Crippen LogP contribution in [-0.2, 0) is 0 Å². The molecule has 2 radical (unpaired) electrons. The molecule has 1 aromatic carbocycles. The minimum absolute atomic E-state index is 0.371. The van der Waals surface area contributed by atoms with Crippen LogP contribution in [0.15, 0.2) is 24.3 Å². The molecule has 1 heteroatoms. The van der Waals surface area contributed by atoms with Crippen LogP contribution in [0, 0.1) is 12.5 Å². The average molecular weight is 132 g/mol. The highest BCUT2D eigenvalue weighted by Crippen LogP contribution is 2.24. The number of ether oxygens (including phenoxy) is 1. The van der Waals surface area contributed by atoms with E-state index in [-0.39, 0.29) is 0 Å². The third kappa shape index (κ3) is 1.29. The molecular formula is C9H8O. The van der Waals surface area contributed by atoms with Gasteiger partial charge in [-0.25, -0.2) is 0 Å². The van der Waals surface area contributed by atoms with Crippen LogP contribution < -0.4 is 4.74 Å². The van der Waals surface area contributed by atoms with Crippen molar-refractivity contribution in [2.75, 3.05) is 0 Å². The van der Waals surface area contributed by atoms with Crippen LogP contribution in [-0.4, -0.2) is 6.10 Å². The van der Waals surface area contributed by atoms with E-state index in [1.54, 1.807) is 0 Å². The molecule has 50 valence electrons. The molecule has 0 aromatic heterocycles. The first kappa shape index (κ1) is 5.78. The molecule has 1 unspecified atom stereocenters. The molecule has 0 heterocycles. The van der Waals surface area contributed by atoms with Gasteiger partial charge in [-0.15, -0.1) is 0 Å². The first-order valence-corrected chi connectivity index (χ1v) is 3.41. The van der Waals surface area contributed by atoms with E-state index >= 15 is 0 Å². The molecule has 1 aromatic rings. The smallest absolute Gasteiger partial charge is 0.120 e. The van der Waals surface area contributed by atoms with E-state index in [2.05, 4.69) is 12.5 Å². The monoisotopic (exact) mass is 132 g/mol. The Bertz CT molecular complexity index is 201. The molecule has 0 bridgehead atoms. The fraction of sp³-hybridized carbons (Fsp3) is 0.222. The lowest BCUT2D eigenvalue weighted by Gasteiger charge is -2.00. The summed E-state index contributed by atoms with van der Waals surface area (Å²) in [5.41, 5.74) is 0. The van der Waals surface area contributed by atoms with Crippen LogP contribution in [0.2, 0.25) is 0 Å². The van der Waals surface area contributed by atoms with Crippen molar-refractivity contribution in [1.29, 1.82) is 0 Å². The summed E-state index contributed by atoms with van der Waals surface area (Å²) in [6, 6.07) is 10.5. The predicted molar refractivity (Wildman–Crippen MR) is 38.6 cm³/mol. The van der Waals surface area contributed by atoms with Crippen LogP contribution in [0.3, 0.4) is 0 Å². The zero-order chi connectivity index (χ0) is 6.81. The highest BCUT2D eigenvalue weighted by Gasteiger charge is 2.23. The van der Waals surface area contributed by atoms with Crippen LogP contribution in [0.1, 0.15) is 6.42 Å². The first-order chi connectivity index (χ1) is 4.95. The van der Waals surface area contributed by atoms with E-state index < -0.39 is 0 Å². The molecule has 1 atom stereocenters. The maximum absolute atomic E-state index is 5.44. The van der Waals surface area contributed by atoms with E-state index in [1.807, 2.05) is 24.3 Å². The van der Waals surface area contributed by atoms with Gasteiger partial charge in [-0.2, -0.15) is 0 Å². The molecule has 0 amide bonds. The second-order valence-electron chi connectivity index (χ2n) is 2.37. The normalized spacial score (nSPS) is 16.8. The van der Waals surface area contributed by atoms with Gasteiger partial charge in [0.1, 0.15) is 11.9 Å². The largest absolute Gasteiger partial charge is 0.490 e.